The number of amides is 1. The zero-order chi connectivity index (χ0) is 14.0. The molecule has 19 heavy (non-hydrogen) atoms. The third-order valence-electron chi connectivity index (χ3n) is 3.18. The highest BCUT2D eigenvalue weighted by Gasteiger charge is 2.20. The van der Waals surface area contributed by atoms with Crippen molar-refractivity contribution in [3.05, 3.63) is 30.1 Å². The maximum absolute atomic E-state index is 12.2. The molecule has 0 spiro atoms. The Labute approximate surface area is 113 Å². The van der Waals surface area contributed by atoms with Crippen molar-refractivity contribution in [3.63, 3.8) is 0 Å². The van der Waals surface area contributed by atoms with Crippen molar-refractivity contribution in [1.29, 1.82) is 0 Å². The number of hydrogen-bond donors (Lipinski definition) is 1. The van der Waals surface area contributed by atoms with Crippen LogP contribution in [0.5, 0.6) is 0 Å². The van der Waals surface area contributed by atoms with Gasteiger partial charge in [0, 0.05) is 12.5 Å². The minimum Gasteiger partial charge on any atom is -0.352 e. The average Bonchev–Trinajstić information content (AvgIpc) is 2.75. The molecule has 0 radical (unpaired) electrons. The van der Waals surface area contributed by atoms with E-state index in [-0.39, 0.29) is 18.0 Å². The number of para-hydroxylation sites is 2. The topological polar surface area (TPSA) is 46.9 Å². The Kier molecular flexibility index (Phi) is 3.88. The molecule has 0 bridgehead atoms. The Bertz CT molecular complexity index is 586. The normalized spacial score (nSPS) is 12.9. The van der Waals surface area contributed by atoms with Crippen LogP contribution >= 0.6 is 0 Å². The Morgan fingerprint density at radius 1 is 1.32 bits per heavy atom. The van der Waals surface area contributed by atoms with E-state index >= 15 is 0 Å². The first-order valence-electron chi connectivity index (χ1n) is 6.80. The van der Waals surface area contributed by atoms with Crippen LogP contribution in [-0.2, 0) is 11.2 Å². The van der Waals surface area contributed by atoms with Crippen LogP contribution in [0, 0.1) is 0 Å². The number of nitrogens with zero attached hydrogens (tertiary/aromatic N) is 2. The maximum Gasteiger partial charge on any atom is 0.243 e. The number of benzene rings is 1. The fourth-order valence-corrected chi connectivity index (χ4v) is 2.30. The standard InChI is InChI=1S/C15H21N3O/c1-5-14-17-12-8-6-7-9-13(12)18(14)11(4)15(19)16-10(2)3/h6-11H,5H2,1-4H3,(H,16,19). The van der Waals surface area contributed by atoms with Gasteiger partial charge in [0.1, 0.15) is 11.9 Å². The lowest BCUT2D eigenvalue weighted by molar-refractivity contribution is -0.124. The fourth-order valence-electron chi connectivity index (χ4n) is 2.30. The third-order valence-corrected chi connectivity index (χ3v) is 3.18. The summed E-state index contributed by atoms with van der Waals surface area (Å²) in [6, 6.07) is 7.85. The summed E-state index contributed by atoms with van der Waals surface area (Å²) >= 11 is 0. The summed E-state index contributed by atoms with van der Waals surface area (Å²) in [5, 5.41) is 2.96. The lowest BCUT2D eigenvalue weighted by Gasteiger charge is -2.18. The van der Waals surface area contributed by atoms with Crippen LogP contribution in [0.1, 0.15) is 39.6 Å². The molecule has 4 heteroatoms. The molecule has 2 rings (SSSR count). The van der Waals surface area contributed by atoms with Crippen LogP contribution in [0.15, 0.2) is 24.3 Å². The van der Waals surface area contributed by atoms with Crippen molar-refractivity contribution in [3.8, 4) is 0 Å². The van der Waals surface area contributed by atoms with Crippen LogP contribution in [0.4, 0.5) is 0 Å². The molecule has 1 N–H and O–H groups in total. The number of carbonyl (C=O) groups is 1. The van der Waals surface area contributed by atoms with Crippen molar-refractivity contribution in [2.75, 3.05) is 0 Å². The molecule has 2 aromatic rings. The first-order chi connectivity index (χ1) is 9.04. The van der Waals surface area contributed by atoms with Crippen LogP contribution in [-0.4, -0.2) is 21.5 Å². The number of carbonyl (C=O) groups excluding carboxylic acids is 1. The number of aromatic nitrogens is 2. The van der Waals surface area contributed by atoms with Crippen molar-refractivity contribution in [2.24, 2.45) is 0 Å². The fraction of sp³-hybridized carbons (Fsp3) is 0.467. The van der Waals surface area contributed by atoms with Gasteiger partial charge in [0.25, 0.3) is 0 Å². The Morgan fingerprint density at radius 2 is 2.00 bits per heavy atom. The van der Waals surface area contributed by atoms with Gasteiger partial charge in [-0.05, 0) is 32.9 Å². The first-order valence-corrected chi connectivity index (χ1v) is 6.80. The largest absolute Gasteiger partial charge is 0.352 e. The molecule has 1 heterocycles. The van der Waals surface area contributed by atoms with Gasteiger partial charge in [-0.2, -0.15) is 0 Å². The van der Waals surface area contributed by atoms with E-state index in [4.69, 9.17) is 0 Å². The van der Waals surface area contributed by atoms with Gasteiger partial charge in [0.15, 0.2) is 0 Å². The molecule has 0 fully saturated rings. The number of imidazole rings is 1. The summed E-state index contributed by atoms with van der Waals surface area (Å²) in [6.45, 7) is 7.92. The molecule has 102 valence electrons. The van der Waals surface area contributed by atoms with Gasteiger partial charge in [-0.1, -0.05) is 19.1 Å². The third kappa shape index (κ3) is 2.62. The molecule has 0 saturated heterocycles. The maximum atomic E-state index is 12.2. The zero-order valence-electron chi connectivity index (χ0n) is 12.0. The van der Waals surface area contributed by atoms with E-state index in [1.54, 1.807) is 0 Å². The van der Waals surface area contributed by atoms with E-state index in [0.29, 0.717) is 0 Å². The van der Waals surface area contributed by atoms with E-state index < -0.39 is 0 Å². The molecule has 1 aromatic heterocycles. The highest BCUT2D eigenvalue weighted by molar-refractivity contribution is 5.84. The van der Waals surface area contributed by atoms with E-state index in [9.17, 15) is 4.79 Å². The number of fused-ring (bicyclic) bond motifs is 1. The molecule has 1 amide bonds. The van der Waals surface area contributed by atoms with Crippen LogP contribution in [0.3, 0.4) is 0 Å². The lowest BCUT2D eigenvalue weighted by atomic mass is 10.2. The summed E-state index contributed by atoms with van der Waals surface area (Å²) in [5.41, 5.74) is 1.97. The summed E-state index contributed by atoms with van der Waals surface area (Å²) in [4.78, 5) is 16.8. The minimum atomic E-state index is -0.246. The average molecular weight is 259 g/mol. The van der Waals surface area contributed by atoms with Gasteiger partial charge >= 0.3 is 0 Å². The molecule has 0 aliphatic rings. The number of aryl methyl sites for hydroxylation is 1. The molecule has 0 saturated carbocycles. The van der Waals surface area contributed by atoms with E-state index in [1.807, 2.05) is 49.6 Å². The molecule has 1 atom stereocenters. The lowest BCUT2D eigenvalue weighted by Crippen LogP contribution is -2.36. The minimum absolute atomic E-state index is 0.0350. The second-order valence-electron chi connectivity index (χ2n) is 5.08. The molecule has 1 unspecified atom stereocenters. The SMILES string of the molecule is CCc1nc2ccccc2n1C(C)C(=O)NC(C)C. The summed E-state index contributed by atoms with van der Waals surface area (Å²) in [7, 11) is 0. The molecule has 0 aliphatic heterocycles. The van der Waals surface area contributed by atoms with Gasteiger partial charge in [-0.3, -0.25) is 4.79 Å². The number of nitrogens with one attached hydrogen (secondary N) is 1. The van der Waals surface area contributed by atoms with Gasteiger partial charge in [-0.25, -0.2) is 4.98 Å². The van der Waals surface area contributed by atoms with Crippen molar-refractivity contribution in [2.45, 2.75) is 46.2 Å². The first kappa shape index (κ1) is 13.6. The Balaban J connectivity index is 2.45. The van der Waals surface area contributed by atoms with Crippen molar-refractivity contribution < 1.29 is 4.79 Å². The van der Waals surface area contributed by atoms with Gasteiger partial charge < -0.3 is 9.88 Å². The summed E-state index contributed by atoms with van der Waals surface area (Å²) in [5.74, 6) is 0.987. The van der Waals surface area contributed by atoms with E-state index in [0.717, 1.165) is 23.3 Å². The van der Waals surface area contributed by atoms with E-state index in [2.05, 4.69) is 17.2 Å². The Morgan fingerprint density at radius 3 is 2.63 bits per heavy atom. The molecular formula is C15H21N3O. The highest BCUT2D eigenvalue weighted by atomic mass is 16.2. The van der Waals surface area contributed by atoms with Crippen molar-refractivity contribution in [1.82, 2.24) is 14.9 Å². The van der Waals surface area contributed by atoms with Crippen LogP contribution in [0.25, 0.3) is 11.0 Å². The van der Waals surface area contributed by atoms with E-state index in [1.165, 1.54) is 0 Å². The zero-order valence-corrected chi connectivity index (χ0v) is 12.0. The summed E-state index contributed by atoms with van der Waals surface area (Å²) in [6.07, 6.45) is 0.813. The number of rotatable bonds is 4. The van der Waals surface area contributed by atoms with Gasteiger partial charge in [0.05, 0.1) is 11.0 Å². The smallest absolute Gasteiger partial charge is 0.243 e. The molecule has 0 aliphatic carbocycles. The predicted octanol–water partition coefficient (Wildman–Crippen LogP) is 2.68. The summed E-state index contributed by atoms with van der Waals surface area (Å²) < 4.78 is 2.03. The quantitative estimate of drug-likeness (QED) is 0.917. The molecular weight excluding hydrogens is 238 g/mol. The molecule has 1 aromatic carbocycles. The second kappa shape index (κ2) is 5.43. The van der Waals surface area contributed by atoms with Crippen molar-refractivity contribution >= 4 is 16.9 Å². The Hall–Kier alpha value is -1.84. The second-order valence-corrected chi connectivity index (χ2v) is 5.08. The number of hydrogen-bond acceptors (Lipinski definition) is 2. The monoisotopic (exact) mass is 259 g/mol. The van der Waals surface area contributed by atoms with Gasteiger partial charge in [0.2, 0.25) is 5.91 Å². The molecule has 4 nitrogen and oxygen atoms in total. The van der Waals surface area contributed by atoms with Gasteiger partial charge in [-0.15, -0.1) is 0 Å². The highest BCUT2D eigenvalue weighted by Crippen LogP contribution is 2.21. The van der Waals surface area contributed by atoms with Crippen LogP contribution < -0.4 is 5.32 Å². The van der Waals surface area contributed by atoms with Crippen LogP contribution in [0.2, 0.25) is 0 Å². The predicted molar refractivity (Wildman–Crippen MR) is 77.1 cm³/mol.